The molecule has 0 spiro atoms. The van der Waals surface area contributed by atoms with Gasteiger partial charge in [-0.15, -0.1) is 0 Å². The second-order valence-corrected chi connectivity index (χ2v) is 8.92. The Morgan fingerprint density at radius 3 is 2.15 bits per heavy atom. The number of nitrogens with one attached hydrogen (secondary N) is 2. The molecule has 1 rings (SSSR count). The van der Waals surface area contributed by atoms with E-state index in [2.05, 4.69) is 15.0 Å². The van der Waals surface area contributed by atoms with Crippen molar-refractivity contribution in [2.45, 2.75) is 45.5 Å². The molecule has 0 radical (unpaired) electrons. The van der Waals surface area contributed by atoms with Crippen LogP contribution in [0.5, 0.6) is 0 Å². The molecular weight excluding hydrogens is 371 g/mol. The Bertz CT molecular complexity index is 585. The second-order valence-electron chi connectivity index (χ2n) is 7.17. The molecule has 11 heteroatoms. The van der Waals surface area contributed by atoms with Gasteiger partial charge in [0.25, 0.3) is 0 Å². The number of piperazine rings is 1. The fraction of sp³-hybridized carbons (Fsp3) is 0.933. The molecule has 1 fully saturated rings. The van der Waals surface area contributed by atoms with Crippen LogP contribution in [0.15, 0.2) is 4.99 Å². The van der Waals surface area contributed by atoms with Crippen LogP contribution in [0, 0.1) is 0 Å². The normalized spacial score (nSPS) is 19.5. The van der Waals surface area contributed by atoms with Crippen molar-refractivity contribution in [2.24, 2.45) is 4.99 Å². The van der Waals surface area contributed by atoms with Crippen molar-refractivity contribution in [3.8, 4) is 0 Å². The summed E-state index contributed by atoms with van der Waals surface area (Å²) in [6.07, 6.45) is -3.15. The number of aliphatic imine (C=N–C) groups is 1. The van der Waals surface area contributed by atoms with E-state index in [4.69, 9.17) is 0 Å². The molecule has 1 saturated heterocycles. The first-order chi connectivity index (χ1) is 11.7. The number of rotatable bonds is 6. The summed E-state index contributed by atoms with van der Waals surface area (Å²) in [4.78, 5) is 7.79. The molecule has 154 valence electrons. The molecule has 0 aromatic carbocycles. The third-order valence-electron chi connectivity index (χ3n) is 4.06. The first kappa shape index (κ1) is 23.0. The summed E-state index contributed by atoms with van der Waals surface area (Å²) in [7, 11) is -3.36. The highest BCUT2D eigenvalue weighted by molar-refractivity contribution is 7.88. The standard InChI is InChI=1S/C15H30F3N5O2S/c1-6-19-13(20-11-14(3,4)21-26(5,24)25)23-9-7-22(8-10-23)12(2)15(16,17)18/h12,21H,6-11H2,1-5H3,(H,19,20). The van der Waals surface area contributed by atoms with Gasteiger partial charge < -0.3 is 10.2 Å². The number of halogens is 3. The lowest BCUT2D eigenvalue weighted by Gasteiger charge is -2.40. The van der Waals surface area contributed by atoms with Gasteiger partial charge in [0.1, 0.15) is 6.04 Å². The molecular formula is C15H30F3N5O2S. The average molecular weight is 401 g/mol. The van der Waals surface area contributed by atoms with E-state index in [1.54, 1.807) is 13.8 Å². The van der Waals surface area contributed by atoms with E-state index in [1.807, 2.05) is 11.8 Å². The van der Waals surface area contributed by atoms with E-state index >= 15 is 0 Å². The third-order valence-corrected chi connectivity index (χ3v) is 4.98. The van der Waals surface area contributed by atoms with E-state index in [9.17, 15) is 21.6 Å². The van der Waals surface area contributed by atoms with Crippen LogP contribution >= 0.6 is 0 Å². The summed E-state index contributed by atoms with van der Waals surface area (Å²) < 4.78 is 63.9. The van der Waals surface area contributed by atoms with Crippen molar-refractivity contribution in [1.82, 2.24) is 19.8 Å². The fourth-order valence-corrected chi connectivity index (χ4v) is 3.83. The predicted octanol–water partition coefficient (Wildman–Crippen LogP) is 0.848. The monoisotopic (exact) mass is 401 g/mol. The summed E-state index contributed by atoms with van der Waals surface area (Å²) in [6.45, 7) is 8.77. The van der Waals surface area contributed by atoms with Gasteiger partial charge in [-0.3, -0.25) is 9.89 Å². The lowest BCUT2D eigenvalue weighted by atomic mass is 10.1. The fourth-order valence-electron chi connectivity index (χ4n) is 2.76. The quantitative estimate of drug-likeness (QED) is 0.510. The largest absolute Gasteiger partial charge is 0.403 e. The molecule has 0 bridgehead atoms. The zero-order chi connectivity index (χ0) is 20.2. The summed E-state index contributed by atoms with van der Waals surface area (Å²) in [5.41, 5.74) is -0.763. The lowest BCUT2D eigenvalue weighted by Crippen LogP contribution is -2.57. The topological polar surface area (TPSA) is 77.0 Å². The van der Waals surface area contributed by atoms with Crippen LogP contribution in [0.3, 0.4) is 0 Å². The summed E-state index contributed by atoms with van der Waals surface area (Å²) in [6, 6.07) is -1.47. The highest BCUT2D eigenvalue weighted by atomic mass is 32.2. The highest BCUT2D eigenvalue weighted by Gasteiger charge is 2.41. The number of guanidine groups is 1. The Hall–Kier alpha value is -1.07. The Balaban J connectivity index is 2.74. The Morgan fingerprint density at radius 1 is 1.19 bits per heavy atom. The minimum atomic E-state index is -4.23. The maximum absolute atomic E-state index is 12.9. The molecule has 0 aliphatic carbocycles. The minimum Gasteiger partial charge on any atom is -0.357 e. The van der Waals surface area contributed by atoms with Crippen molar-refractivity contribution in [2.75, 3.05) is 45.5 Å². The third kappa shape index (κ3) is 7.67. The molecule has 2 N–H and O–H groups in total. The zero-order valence-electron chi connectivity index (χ0n) is 16.0. The molecule has 26 heavy (non-hydrogen) atoms. The van der Waals surface area contributed by atoms with Gasteiger partial charge >= 0.3 is 6.18 Å². The van der Waals surface area contributed by atoms with E-state index in [-0.39, 0.29) is 19.6 Å². The second kappa shape index (κ2) is 8.75. The van der Waals surface area contributed by atoms with Gasteiger partial charge in [-0.2, -0.15) is 13.2 Å². The molecule has 1 unspecified atom stereocenters. The molecule has 1 aliphatic heterocycles. The van der Waals surface area contributed by atoms with Crippen LogP contribution in [0.25, 0.3) is 0 Å². The Morgan fingerprint density at radius 2 is 1.73 bits per heavy atom. The van der Waals surface area contributed by atoms with Crippen LogP contribution in [0.1, 0.15) is 27.7 Å². The summed E-state index contributed by atoms with van der Waals surface area (Å²) in [5.74, 6) is 0.579. The van der Waals surface area contributed by atoms with Gasteiger partial charge in [-0.25, -0.2) is 13.1 Å². The maximum atomic E-state index is 12.9. The SMILES string of the molecule is CCNC(=NCC(C)(C)NS(C)(=O)=O)N1CCN(C(C)C(F)(F)F)CC1. The van der Waals surface area contributed by atoms with Crippen LogP contribution in [0.4, 0.5) is 13.2 Å². The van der Waals surface area contributed by atoms with Crippen molar-refractivity contribution in [3.05, 3.63) is 0 Å². The number of nitrogens with zero attached hydrogens (tertiary/aromatic N) is 3. The summed E-state index contributed by atoms with van der Waals surface area (Å²) in [5, 5.41) is 3.12. The molecule has 7 nitrogen and oxygen atoms in total. The predicted molar refractivity (Wildman–Crippen MR) is 96.7 cm³/mol. The highest BCUT2D eigenvalue weighted by Crippen LogP contribution is 2.25. The molecule has 0 aromatic rings. The van der Waals surface area contributed by atoms with Crippen molar-refractivity contribution < 1.29 is 21.6 Å². The number of alkyl halides is 3. The lowest BCUT2D eigenvalue weighted by molar-refractivity contribution is -0.181. The molecule has 0 aromatic heterocycles. The Kier molecular flexibility index (Phi) is 7.73. The van der Waals surface area contributed by atoms with Crippen LogP contribution in [-0.2, 0) is 10.0 Å². The van der Waals surface area contributed by atoms with Crippen molar-refractivity contribution in [3.63, 3.8) is 0 Å². The van der Waals surface area contributed by atoms with Gasteiger partial charge in [-0.05, 0) is 27.7 Å². The van der Waals surface area contributed by atoms with E-state index in [1.165, 1.54) is 11.8 Å². The van der Waals surface area contributed by atoms with Gasteiger partial charge in [0.05, 0.1) is 12.8 Å². The molecule has 1 heterocycles. The average Bonchev–Trinajstić information content (AvgIpc) is 2.47. The molecule has 0 amide bonds. The van der Waals surface area contributed by atoms with Gasteiger partial charge in [0.2, 0.25) is 10.0 Å². The van der Waals surface area contributed by atoms with E-state index in [0.717, 1.165) is 6.26 Å². The minimum absolute atomic E-state index is 0.210. The smallest absolute Gasteiger partial charge is 0.357 e. The maximum Gasteiger partial charge on any atom is 0.403 e. The van der Waals surface area contributed by atoms with Crippen LogP contribution < -0.4 is 10.0 Å². The molecule has 0 saturated carbocycles. The summed E-state index contributed by atoms with van der Waals surface area (Å²) >= 11 is 0. The Labute approximate surface area is 154 Å². The van der Waals surface area contributed by atoms with Crippen LogP contribution in [-0.4, -0.2) is 87.5 Å². The van der Waals surface area contributed by atoms with Crippen molar-refractivity contribution in [1.29, 1.82) is 0 Å². The first-order valence-corrected chi connectivity index (χ1v) is 10.5. The van der Waals surface area contributed by atoms with E-state index in [0.29, 0.717) is 25.6 Å². The number of hydrogen-bond acceptors (Lipinski definition) is 4. The zero-order valence-corrected chi connectivity index (χ0v) is 16.8. The van der Waals surface area contributed by atoms with Crippen molar-refractivity contribution >= 4 is 16.0 Å². The van der Waals surface area contributed by atoms with Crippen LogP contribution in [0.2, 0.25) is 0 Å². The van der Waals surface area contributed by atoms with E-state index < -0.39 is 27.8 Å². The van der Waals surface area contributed by atoms with Gasteiger partial charge in [0.15, 0.2) is 5.96 Å². The number of hydrogen-bond donors (Lipinski definition) is 2. The number of sulfonamides is 1. The van der Waals surface area contributed by atoms with Gasteiger partial charge in [-0.1, -0.05) is 0 Å². The molecule has 1 atom stereocenters. The van der Waals surface area contributed by atoms with Gasteiger partial charge in [0, 0.05) is 38.3 Å². The first-order valence-electron chi connectivity index (χ1n) is 8.58. The molecule has 1 aliphatic rings.